The fraction of sp³-hybridized carbons (Fsp3) is 0.474. The van der Waals surface area contributed by atoms with Gasteiger partial charge in [-0.1, -0.05) is 18.2 Å². The Balaban J connectivity index is 1.52. The van der Waals surface area contributed by atoms with Crippen LogP contribution in [0.15, 0.2) is 36.5 Å². The molecule has 0 radical (unpaired) electrons. The van der Waals surface area contributed by atoms with Crippen molar-refractivity contribution in [1.29, 1.82) is 0 Å². The Morgan fingerprint density at radius 1 is 1.28 bits per heavy atom. The van der Waals surface area contributed by atoms with E-state index in [0.29, 0.717) is 12.3 Å². The summed E-state index contributed by atoms with van der Waals surface area (Å²) in [6.07, 6.45) is 1.73. The molecule has 0 unspecified atom stereocenters. The second kappa shape index (κ2) is 7.80. The number of amides is 1. The Bertz CT molecular complexity index is 721. The summed E-state index contributed by atoms with van der Waals surface area (Å²) in [4.78, 5) is 18.0. The zero-order chi connectivity index (χ0) is 17.7. The second-order valence-corrected chi connectivity index (χ2v) is 7.00. The highest BCUT2D eigenvalue weighted by atomic mass is 16.5. The van der Waals surface area contributed by atoms with Crippen molar-refractivity contribution in [2.75, 3.05) is 39.5 Å². The molecule has 1 saturated heterocycles. The number of morpholine rings is 1. The van der Waals surface area contributed by atoms with Crippen molar-refractivity contribution >= 4 is 16.8 Å². The smallest absolute Gasteiger partial charge is 0.258 e. The largest absolute Gasteiger partial charge is 0.481 e. The van der Waals surface area contributed by atoms with Crippen LogP contribution < -0.4 is 15.0 Å². The molecule has 6 nitrogen and oxygen atoms in total. The molecule has 25 heavy (non-hydrogen) atoms. The van der Waals surface area contributed by atoms with Gasteiger partial charge in [0.05, 0.1) is 19.8 Å². The van der Waals surface area contributed by atoms with E-state index in [-0.39, 0.29) is 18.1 Å². The van der Waals surface area contributed by atoms with E-state index in [1.54, 1.807) is 6.20 Å². The van der Waals surface area contributed by atoms with Crippen molar-refractivity contribution in [2.24, 2.45) is 0 Å². The number of ether oxygens (including phenoxy) is 2. The van der Waals surface area contributed by atoms with E-state index in [4.69, 9.17) is 9.47 Å². The monoisotopic (exact) mass is 344 g/mol. The van der Waals surface area contributed by atoms with Crippen LogP contribution in [0.1, 0.15) is 13.8 Å². The molecule has 1 amide bonds. The normalized spacial score (nSPS) is 15.9. The minimum Gasteiger partial charge on any atom is -0.481 e. The van der Waals surface area contributed by atoms with Crippen LogP contribution in [0.3, 0.4) is 0 Å². The minimum atomic E-state index is -0.117. The fourth-order valence-electron chi connectivity index (χ4n) is 3.13. The number of carbonyl (C=O) groups is 1. The molecule has 2 N–H and O–H groups in total. The molecular weight excluding hydrogens is 318 g/mol. The summed E-state index contributed by atoms with van der Waals surface area (Å²) in [6.45, 7) is 8.45. The molecule has 1 aliphatic rings. The summed E-state index contributed by atoms with van der Waals surface area (Å²) in [7, 11) is 0. The van der Waals surface area contributed by atoms with Crippen LogP contribution in [0.25, 0.3) is 10.9 Å². The van der Waals surface area contributed by atoms with Crippen molar-refractivity contribution in [2.45, 2.75) is 19.4 Å². The van der Waals surface area contributed by atoms with Crippen molar-refractivity contribution in [3.05, 3.63) is 36.5 Å². The first-order chi connectivity index (χ1) is 12.1. The van der Waals surface area contributed by atoms with Gasteiger partial charge in [-0.15, -0.1) is 0 Å². The van der Waals surface area contributed by atoms with Crippen molar-refractivity contribution in [3.8, 4) is 5.75 Å². The lowest BCUT2D eigenvalue weighted by atomic mass is 10.0. The third kappa shape index (κ3) is 4.46. The highest BCUT2D eigenvalue weighted by molar-refractivity contribution is 5.85. The summed E-state index contributed by atoms with van der Waals surface area (Å²) in [5, 5.41) is 3.99. The van der Waals surface area contributed by atoms with Gasteiger partial charge in [-0.2, -0.15) is 0 Å². The predicted molar refractivity (Wildman–Crippen MR) is 95.8 cm³/mol. The van der Waals surface area contributed by atoms with Crippen molar-refractivity contribution < 1.29 is 19.2 Å². The lowest BCUT2D eigenvalue weighted by Gasteiger charge is -2.37. The maximum Gasteiger partial charge on any atom is 0.258 e. The SMILES string of the molecule is CC(C)(CNC(=O)COc1cccc2cccnc12)[NH+]1CCOCC1. The minimum absolute atomic E-state index is 0.00971. The first kappa shape index (κ1) is 17.6. The maximum absolute atomic E-state index is 12.2. The number of aromatic nitrogens is 1. The molecule has 134 valence electrons. The number of carbonyl (C=O) groups excluding carboxylic acids is 1. The van der Waals surface area contributed by atoms with Crippen LogP contribution in [0, 0.1) is 0 Å². The lowest BCUT2D eigenvalue weighted by Crippen LogP contribution is -3.22. The van der Waals surface area contributed by atoms with Crippen LogP contribution in [0.2, 0.25) is 0 Å². The summed E-state index contributed by atoms with van der Waals surface area (Å²) in [5.74, 6) is 0.514. The molecule has 3 rings (SSSR count). The van der Waals surface area contributed by atoms with Crippen LogP contribution >= 0.6 is 0 Å². The molecule has 1 aliphatic heterocycles. The van der Waals surface area contributed by atoms with Gasteiger partial charge in [0.1, 0.15) is 29.9 Å². The number of fused-ring (bicyclic) bond motifs is 1. The van der Waals surface area contributed by atoms with Gasteiger partial charge in [-0.05, 0) is 26.0 Å². The van der Waals surface area contributed by atoms with Gasteiger partial charge in [-0.25, -0.2) is 0 Å². The lowest BCUT2D eigenvalue weighted by molar-refractivity contribution is -0.954. The number of benzene rings is 1. The molecule has 0 atom stereocenters. The standard InChI is InChI=1S/C19H25N3O3/c1-19(2,22-9-11-24-12-10-22)14-21-17(23)13-25-16-7-3-5-15-6-4-8-20-18(15)16/h3-8H,9-14H2,1-2H3,(H,21,23)/p+1. The van der Waals surface area contributed by atoms with E-state index in [9.17, 15) is 4.79 Å². The quantitative estimate of drug-likeness (QED) is 0.797. The molecule has 1 aromatic heterocycles. The number of nitrogens with one attached hydrogen (secondary N) is 2. The molecule has 2 aromatic rings. The molecule has 2 heterocycles. The van der Waals surface area contributed by atoms with Crippen LogP contribution in [-0.4, -0.2) is 55.9 Å². The van der Waals surface area contributed by atoms with Gasteiger partial charge >= 0.3 is 0 Å². The summed E-state index contributed by atoms with van der Waals surface area (Å²) in [5.41, 5.74) is 0.747. The van der Waals surface area contributed by atoms with E-state index in [0.717, 1.165) is 37.2 Å². The number of pyridine rings is 1. The number of nitrogens with zero attached hydrogens (tertiary/aromatic N) is 1. The Labute approximate surface area is 148 Å². The zero-order valence-corrected chi connectivity index (χ0v) is 14.9. The van der Waals surface area contributed by atoms with Gasteiger partial charge in [-0.3, -0.25) is 9.78 Å². The van der Waals surface area contributed by atoms with E-state index in [1.807, 2.05) is 30.3 Å². The van der Waals surface area contributed by atoms with Crippen molar-refractivity contribution in [1.82, 2.24) is 10.3 Å². The third-order valence-electron chi connectivity index (χ3n) is 4.74. The number of rotatable bonds is 6. The number of para-hydroxylation sites is 1. The molecule has 6 heteroatoms. The Morgan fingerprint density at radius 2 is 2.04 bits per heavy atom. The Hall–Kier alpha value is -2.18. The van der Waals surface area contributed by atoms with E-state index >= 15 is 0 Å². The average molecular weight is 344 g/mol. The fourth-order valence-corrected chi connectivity index (χ4v) is 3.13. The topological polar surface area (TPSA) is 64.9 Å². The van der Waals surface area contributed by atoms with Gasteiger partial charge in [0, 0.05) is 11.6 Å². The van der Waals surface area contributed by atoms with Gasteiger partial charge in [0.15, 0.2) is 6.61 Å². The van der Waals surface area contributed by atoms with Gasteiger partial charge in [0.25, 0.3) is 5.91 Å². The van der Waals surface area contributed by atoms with Crippen LogP contribution in [0.4, 0.5) is 0 Å². The molecule has 0 saturated carbocycles. The van der Waals surface area contributed by atoms with Crippen molar-refractivity contribution in [3.63, 3.8) is 0 Å². The van der Waals surface area contributed by atoms with E-state index < -0.39 is 0 Å². The molecule has 1 fully saturated rings. The molecule has 0 aliphatic carbocycles. The molecule has 1 aromatic carbocycles. The predicted octanol–water partition coefficient (Wildman–Crippen LogP) is 0.424. The molecule has 0 spiro atoms. The molecule has 0 bridgehead atoms. The number of hydrogen-bond donors (Lipinski definition) is 2. The van der Waals surface area contributed by atoms with Crippen LogP contribution in [-0.2, 0) is 9.53 Å². The van der Waals surface area contributed by atoms with Gasteiger partial charge < -0.3 is 19.7 Å². The highest BCUT2D eigenvalue weighted by Crippen LogP contribution is 2.22. The zero-order valence-electron chi connectivity index (χ0n) is 14.9. The Kier molecular flexibility index (Phi) is 5.50. The summed E-state index contributed by atoms with van der Waals surface area (Å²) in [6, 6.07) is 9.58. The average Bonchev–Trinajstić information content (AvgIpc) is 2.65. The third-order valence-corrected chi connectivity index (χ3v) is 4.74. The number of quaternary nitrogens is 1. The highest BCUT2D eigenvalue weighted by Gasteiger charge is 2.32. The summed E-state index contributed by atoms with van der Waals surface area (Å²) >= 11 is 0. The first-order valence-corrected chi connectivity index (χ1v) is 8.72. The van der Waals surface area contributed by atoms with E-state index in [2.05, 4.69) is 24.1 Å². The first-order valence-electron chi connectivity index (χ1n) is 8.72. The number of hydrogen-bond acceptors (Lipinski definition) is 4. The summed E-state index contributed by atoms with van der Waals surface area (Å²) < 4.78 is 11.1. The van der Waals surface area contributed by atoms with E-state index in [1.165, 1.54) is 4.90 Å². The Morgan fingerprint density at radius 3 is 2.84 bits per heavy atom. The molecular formula is C19H26N3O3+. The van der Waals surface area contributed by atoms with Gasteiger partial charge in [0.2, 0.25) is 0 Å². The second-order valence-electron chi connectivity index (χ2n) is 7.00. The maximum atomic E-state index is 12.2. The van der Waals surface area contributed by atoms with Crippen LogP contribution in [0.5, 0.6) is 5.75 Å².